The zero-order chi connectivity index (χ0) is 9.14. The summed E-state index contributed by atoms with van der Waals surface area (Å²) >= 11 is 0. The fraction of sp³-hybridized carbons (Fsp3) is 0.455. The second-order valence-electron chi connectivity index (χ2n) is 3.04. The van der Waals surface area contributed by atoms with Crippen LogP contribution < -0.4 is 0 Å². The normalized spacial score (nSPS) is 16.2. The Morgan fingerprint density at radius 2 is 2.00 bits per heavy atom. The first-order valence-electron chi connectivity index (χ1n) is 4.44. The molecule has 0 atom stereocenters. The summed E-state index contributed by atoms with van der Waals surface area (Å²) in [5, 5.41) is 0. The molecule has 0 saturated carbocycles. The van der Waals surface area contributed by atoms with Gasteiger partial charge in [0.05, 0.1) is 0 Å². The van der Waals surface area contributed by atoms with Gasteiger partial charge in [-0.2, -0.15) is 0 Å². The van der Waals surface area contributed by atoms with Crippen LogP contribution in [0.3, 0.4) is 0 Å². The molecule has 1 heterocycles. The fourth-order valence-corrected chi connectivity index (χ4v) is 1.42. The summed E-state index contributed by atoms with van der Waals surface area (Å²) in [7, 11) is 2.01. The average Bonchev–Trinajstić information content (AvgIpc) is 2.08. The van der Waals surface area contributed by atoms with Crippen molar-refractivity contribution in [3.05, 3.63) is 35.7 Å². The van der Waals surface area contributed by atoms with Gasteiger partial charge in [-0.25, -0.2) is 0 Å². The first-order valence-corrected chi connectivity index (χ1v) is 4.44. The van der Waals surface area contributed by atoms with Gasteiger partial charge in [-0.1, -0.05) is 32.9 Å². The van der Waals surface area contributed by atoms with E-state index >= 15 is 0 Å². The van der Waals surface area contributed by atoms with E-state index in [1.165, 1.54) is 11.1 Å². The monoisotopic (exact) mass is 251 g/mol. The summed E-state index contributed by atoms with van der Waals surface area (Å²) in [6.07, 6.45) is 7.42. The van der Waals surface area contributed by atoms with Crippen LogP contribution >= 0.6 is 0 Å². The third kappa shape index (κ3) is 3.07. The minimum absolute atomic E-state index is 0. The molecule has 1 nitrogen and oxygen atoms in total. The topological polar surface area (TPSA) is 3.24 Å². The molecule has 0 amide bonds. The molecular weight excluding hydrogens is 235 g/mol. The Morgan fingerprint density at radius 1 is 1.38 bits per heavy atom. The molecule has 2 heteroatoms. The fourth-order valence-electron chi connectivity index (χ4n) is 1.42. The van der Waals surface area contributed by atoms with Crippen LogP contribution in [0, 0.1) is 6.20 Å². The van der Waals surface area contributed by atoms with Gasteiger partial charge in [0, 0.05) is 32.7 Å². The van der Waals surface area contributed by atoms with Crippen LogP contribution in [0.1, 0.15) is 26.7 Å². The molecule has 0 bridgehead atoms. The Bertz CT molecular complexity index is 227. The van der Waals surface area contributed by atoms with Crippen molar-refractivity contribution in [1.82, 2.24) is 4.90 Å². The first kappa shape index (κ1) is 13.1. The Kier molecular flexibility index (Phi) is 5.83. The minimum atomic E-state index is 0. The third-order valence-electron chi connectivity index (χ3n) is 2.15. The van der Waals surface area contributed by atoms with Gasteiger partial charge in [0.2, 0.25) is 0 Å². The molecule has 0 fully saturated rings. The number of rotatable bonds is 2. The van der Waals surface area contributed by atoms with Gasteiger partial charge in [0.15, 0.2) is 0 Å². The minimum Gasteiger partial charge on any atom is -0.463 e. The van der Waals surface area contributed by atoms with Crippen molar-refractivity contribution in [2.45, 2.75) is 26.7 Å². The summed E-state index contributed by atoms with van der Waals surface area (Å²) < 4.78 is 0. The van der Waals surface area contributed by atoms with Crippen molar-refractivity contribution in [3.8, 4) is 0 Å². The van der Waals surface area contributed by atoms with Gasteiger partial charge in [-0.15, -0.1) is 29.5 Å². The van der Waals surface area contributed by atoms with E-state index in [2.05, 4.69) is 32.8 Å². The van der Waals surface area contributed by atoms with Crippen LogP contribution in [0.25, 0.3) is 0 Å². The van der Waals surface area contributed by atoms with E-state index in [4.69, 9.17) is 0 Å². The van der Waals surface area contributed by atoms with Crippen molar-refractivity contribution in [2.75, 3.05) is 7.05 Å². The molecule has 1 aliphatic heterocycles. The Labute approximate surface area is 106 Å². The second-order valence-corrected chi connectivity index (χ2v) is 3.04. The predicted octanol–water partition coefficient (Wildman–Crippen LogP) is 2.88. The van der Waals surface area contributed by atoms with Gasteiger partial charge in [-0.3, -0.25) is 0 Å². The molecule has 1 radical (unpaired) electrons. The standard InChI is InChI=1S/C11H16N.Y/c1-5-10-7-12(4)8-11(6-2)9(10)3;/h7H,3,5-6H2,1-2,4H3;/q-1;. The van der Waals surface area contributed by atoms with Gasteiger partial charge >= 0.3 is 0 Å². The maximum Gasteiger partial charge on any atom is 0 e. The average molecular weight is 251 g/mol. The van der Waals surface area contributed by atoms with Gasteiger partial charge in [-0.05, 0) is 7.05 Å². The largest absolute Gasteiger partial charge is 0.463 e. The van der Waals surface area contributed by atoms with E-state index in [1.807, 2.05) is 11.9 Å². The van der Waals surface area contributed by atoms with Crippen LogP contribution in [-0.2, 0) is 32.7 Å². The summed E-state index contributed by atoms with van der Waals surface area (Å²) in [6, 6.07) is 0. The summed E-state index contributed by atoms with van der Waals surface area (Å²) in [4.78, 5) is 1.99. The van der Waals surface area contributed by atoms with Crippen molar-refractivity contribution in [2.24, 2.45) is 0 Å². The Morgan fingerprint density at radius 3 is 2.46 bits per heavy atom. The van der Waals surface area contributed by atoms with Crippen molar-refractivity contribution in [1.29, 1.82) is 0 Å². The van der Waals surface area contributed by atoms with E-state index < -0.39 is 0 Å². The van der Waals surface area contributed by atoms with Crippen molar-refractivity contribution >= 4 is 0 Å². The Balaban J connectivity index is 0.00000144. The van der Waals surface area contributed by atoms with E-state index in [0.29, 0.717) is 0 Å². The Hall–Kier alpha value is 0.124. The molecule has 0 aromatic carbocycles. The van der Waals surface area contributed by atoms with E-state index in [-0.39, 0.29) is 32.7 Å². The predicted molar refractivity (Wildman–Crippen MR) is 52.3 cm³/mol. The molecule has 0 aromatic rings. The molecule has 69 valence electrons. The third-order valence-corrected chi connectivity index (χ3v) is 2.15. The van der Waals surface area contributed by atoms with Crippen LogP contribution in [0.15, 0.2) is 29.5 Å². The number of allylic oxidation sites excluding steroid dienone is 3. The van der Waals surface area contributed by atoms with Gasteiger partial charge < -0.3 is 4.90 Å². The zero-order valence-electron chi connectivity index (χ0n) is 8.72. The molecule has 0 aromatic heterocycles. The SMILES string of the molecule is C=C1C(CC)=[C-]N(C)C=C1CC.[Y]. The molecule has 1 rings (SSSR count). The molecule has 1 aliphatic rings. The zero-order valence-corrected chi connectivity index (χ0v) is 11.6. The smallest absolute Gasteiger partial charge is 0 e. The van der Waals surface area contributed by atoms with E-state index in [1.54, 1.807) is 0 Å². The maximum atomic E-state index is 4.06. The molecule has 0 spiro atoms. The summed E-state index contributed by atoms with van der Waals surface area (Å²) in [6.45, 7) is 8.35. The van der Waals surface area contributed by atoms with E-state index in [9.17, 15) is 0 Å². The van der Waals surface area contributed by atoms with Crippen LogP contribution in [-0.4, -0.2) is 11.9 Å². The molecule has 13 heavy (non-hydrogen) atoms. The maximum absolute atomic E-state index is 4.06. The number of hydrogen-bond acceptors (Lipinski definition) is 1. The quantitative estimate of drug-likeness (QED) is 0.682. The molecular formula is C11H16NY-. The van der Waals surface area contributed by atoms with Crippen LogP contribution in [0.2, 0.25) is 0 Å². The molecule has 0 N–H and O–H groups in total. The first-order chi connectivity index (χ1) is 5.69. The van der Waals surface area contributed by atoms with Gasteiger partial charge in [0.25, 0.3) is 0 Å². The summed E-state index contributed by atoms with van der Waals surface area (Å²) in [5.74, 6) is 0. The van der Waals surface area contributed by atoms with Crippen molar-refractivity contribution < 1.29 is 32.7 Å². The van der Waals surface area contributed by atoms with Crippen LogP contribution in [0.5, 0.6) is 0 Å². The van der Waals surface area contributed by atoms with Gasteiger partial charge in [0.1, 0.15) is 0 Å². The second kappa shape index (κ2) is 5.77. The van der Waals surface area contributed by atoms with E-state index in [0.717, 1.165) is 18.4 Å². The van der Waals surface area contributed by atoms with Crippen LogP contribution in [0.4, 0.5) is 0 Å². The molecule has 0 aliphatic carbocycles. The summed E-state index contributed by atoms with van der Waals surface area (Å²) in [5.41, 5.74) is 3.73. The molecule has 0 saturated heterocycles. The van der Waals surface area contributed by atoms with Crippen molar-refractivity contribution in [3.63, 3.8) is 0 Å². The number of nitrogens with zero attached hydrogens (tertiary/aromatic N) is 1. The molecule has 0 unspecified atom stereocenters. The number of hydrogen-bond donors (Lipinski definition) is 0.